The number of ether oxygens (including phenoxy) is 1. The van der Waals surface area contributed by atoms with Crippen LogP contribution in [0, 0.1) is 0 Å². The molecule has 1 aliphatic heterocycles. The molecule has 1 fully saturated rings. The number of carbonyl (C=O) groups excluding carboxylic acids is 1. The fourth-order valence-corrected chi connectivity index (χ4v) is 2.11. The van der Waals surface area contributed by atoms with Crippen molar-refractivity contribution in [2.45, 2.75) is 38.6 Å². The zero-order valence-electron chi connectivity index (χ0n) is 10.5. The van der Waals surface area contributed by atoms with Gasteiger partial charge in [0.2, 0.25) is 5.91 Å². The number of likely N-dealkylation sites (tertiary alicyclic amines) is 1. The van der Waals surface area contributed by atoms with Crippen molar-refractivity contribution in [1.82, 2.24) is 10.2 Å². The first-order valence-electron chi connectivity index (χ1n) is 6.23. The van der Waals surface area contributed by atoms with Gasteiger partial charge >= 0.3 is 0 Å². The Labute approximate surface area is 98.3 Å². The Morgan fingerprint density at radius 3 is 2.50 bits per heavy atom. The first-order valence-corrected chi connectivity index (χ1v) is 6.23. The van der Waals surface area contributed by atoms with Crippen molar-refractivity contribution in [2.24, 2.45) is 0 Å². The lowest BCUT2D eigenvalue weighted by Crippen LogP contribution is -2.42. The smallest absolute Gasteiger partial charge is 0.234 e. The van der Waals surface area contributed by atoms with E-state index in [2.05, 4.69) is 10.2 Å². The second kappa shape index (κ2) is 7.63. The van der Waals surface area contributed by atoms with Gasteiger partial charge in [-0.2, -0.15) is 0 Å². The topological polar surface area (TPSA) is 41.6 Å². The number of amides is 1. The van der Waals surface area contributed by atoms with Crippen molar-refractivity contribution in [3.63, 3.8) is 0 Å². The molecule has 1 atom stereocenters. The van der Waals surface area contributed by atoms with E-state index < -0.39 is 0 Å². The molecule has 1 N–H and O–H groups in total. The van der Waals surface area contributed by atoms with Crippen LogP contribution in [-0.4, -0.2) is 50.2 Å². The van der Waals surface area contributed by atoms with Crippen LogP contribution in [0.2, 0.25) is 0 Å². The molecule has 0 aromatic heterocycles. The van der Waals surface area contributed by atoms with E-state index in [-0.39, 0.29) is 11.9 Å². The highest BCUT2D eigenvalue weighted by molar-refractivity contribution is 5.78. The molecule has 0 aliphatic carbocycles. The summed E-state index contributed by atoms with van der Waals surface area (Å²) < 4.78 is 4.99. The summed E-state index contributed by atoms with van der Waals surface area (Å²) >= 11 is 0. The maximum Gasteiger partial charge on any atom is 0.234 e. The average molecular weight is 228 g/mol. The van der Waals surface area contributed by atoms with Gasteiger partial charge in [0.15, 0.2) is 0 Å². The SMILES string of the molecule is COC[C@H](C)NC(=O)CN1CCCCCC1. The van der Waals surface area contributed by atoms with Crippen molar-refractivity contribution in [3.8, 4) is 0 Å². The zero-order valence-corrected chi connectivity index (χ0v) is 10.5. The Morgan fingerprint density at radius 2 is 1.94 bits per heavy atom. The highest BCUT2D eigenvalue weighted by atomic mass is 16.5. The van der Waals surface area contributed by atoms with Gasteiger partial charge in [-0.1, -0.05) is 12.8 Å². The molecule has 0 spiro atoms. The summed E-state index contributed by atoms with van der Waals surface area (Å²) in [5.74, 6) is 0.117. The average Bonchev–Trinajstić information content (AvgIpc) is 2.46. The van der Waals surface area contributed by atoms with Crippen LogP contribution in [0.3, 0.4) is 0 Å². The van der Waals surface area contributed by atoms with Crippen molar-refractivity contribution in [2.75, 3.05) is 33.4 Å². The fraction of sp³-hybridized carbons (Fsp3) is 0.917. The lowest BCUT2D eigenvalue weighted by Gasteiger charge is -2.20. The molecule has 1 aliphatic rings. The molecule has 1 saturated heterocycles. The number of methoxy groups -OCH3 is 1. The molecule has 94 valence electrons. The van der Waals surface area contributed by atoms with Crippen LogP contribution in [-0.2, 0) is 9.53 Å². The van der Waals surface area contributed by atoms with Crippen LogP contribution < -0.4 is 5.32 Å². The van der Waals surface area contributed by atoms with Gasteiger partial charge in [-0.05, 0) is 32.9 Å². The third-order valence-electron chi connectivity index (χ3n) is 2.89. The minimum atomic E-state index is 0.101. The lowest BCUT2D eigenvalue weighted by molar-refractivity contribution is -0.123. The Morgan fingerprint density at radius 1 is 1.31 bits per heavy atom. The predicted octanol–water partition coefficient (Wildman–Crippen LogP) is 1.01. The van der Waals surface area contributed by atoms with Crippen molar-refractivity contribution < 1.29 is 9.53 Å². The molecule has 0 unspecified atom stereocenters. The second-order valence-electron chi connectivity index (χ2n) is 4.61. The van der Waals surface area contributed by atoms with E-state index >= 15 is 0 Å². The summed E-state index contributed by atoms with van der Waals surface area (Å²) in [5.41, 5.74) is 0. The molecule has 4 heteroatoms. The van der Waals surface area contributed by atoms with Crippen LogP contribution in [0.5, 0.6) is 0 Å². The summed E-state index contributed by atoms with van der Waals surface area (Å²) in [6.07, 6.45) is 5.05. The lowest BCUT2D eigenvalue weighted by atomic mass is 10.2. The predicted molar refractivity (Wildman–Crippen MR) is 64.4 cm³/mol. The first kappa shape index (κ1) is 13.5. The third-order valence-corrected chi connectivity index (χ3v) is 2.89. The van der Waals surface area contributed by atoms with E-state index in [1.807, 2.05) is 6.92 Å². The molecule has 4 nitrogen and oxygen atoms in total. The van der Waals surface area contributed by atoms with Crippen LogP contribution in [0.1, 0.15) is 32.6 Å². The minimum Gasteiger partial charge on any atom is -0.383 e. The highest BCUT2D eigenvalue weighted by Crippen LogP contribution is 2.08. The van der Waals surface area contributed by atoms with Crippen molar-refractivity contribution in [3.05, 3.63) is 0 Å². The summed E-state index contributed by atoms with van der Waals surface area (Å²) in [6.45, 7) is 5.20. The van der Waals surface area contributed by atoms with E-state index in [0.29, 0.717) is 13.2 Å². The van der Waals surface area contributed by atoms with Crippen LogP contribution in [0.15, 0.2) is 0 Å². The number of nitrogens with one attached hydrogen (secondary N) is 1. The number of hydrogen-bond acceptors (Lipinski definition) is 3. The third kappa shape index (κ3) is 5.47. The largest absolute Gasteiger partial charge is 0.383 e. The Bertz CT molecular complexity index is 201. The Kier molecular flexibility index (Phi) is 6.42. The molecule has 0 bridgehead atoms. The summed E-state index contributed by atoms with van der Waals surface area (Å²) in [7, 11) is 1.65. The second-order valence-corrected chi connectivity index (χ2v) is 4.61. The molecule has 0 radical (unpaired) electrons. The van der Waals surface area contributed by atoms with Crippen LogP contribution in [0.4, 0.5) is 0 Å². The number of nitrogens with zero attached hydrogens (tertiary/aromatic N) is 1. The van der Waals surface area contributed by atoms with Crippen LogP contribution >= 0.6 is 0 Å². The molecule has 1 rings (SSSR count). The monoisotopic (exact) mass is 228 g/mol. The van der Waals surface area contributed by atoms with Gasteiger partial charge in [0.25, 0.3) is 0 Å². The van der Waals surface area contributed by atoms with Gasteiger partial charge in [-0.25, -0.2) is 0 Å². The van der Waals surface area contributed by atoms with E-state index in [0.717, 1.165) is 13.1 Å². The molecule has 0 aromatic carbocycles. The van der Waals surface area contributed by atoms with Gasteiger partial charge in [-0.3, -0.25) is 9.69 Å². The van der Waals surface area contributed by atoms with E-state index in [4.69, 9.17) is 4.74 Å². The molecule has 16 heavy (non-hydrogen) atoms. The quantitative estimate of drug-likeness (QED) is 0.763. The number of hydrogen-bond donors (Lipinski definition) is 1. The first-order chi connectivity index (χ1) is 7.72. The molecular formula is C12H24N2O2. The molecule has 1 amide bonds. The van der Waals surface area contributed by atoms with E-state index in [1.165, 1.54) is 25.7 Å². The minimum absolute atomic E-state index is 0.101. The highest BCUT2D eigenvalue weighted by Gasteiger charge is 2.14. The summed E-state index contributed by atoms with van der Waals surface area (Å²) in [6, 6.07) is 0.101. The number of carbonyl (C=O) groups is 1. The van der Waals surface area contributed by atoms with Crippen LogP contribution in [0.25, 0.3) is 0 Å². The van der Waals surface area contributed by atoms with Gasteiger partial charge in [0.1, 0.15) is 0 Å². The number of rotatable bonds is 5. The summed E-state index contributed by atoms with van der Waals surface area (Å²) in [5, 5.41) is 2.94. The van der Waals surface area contributed by atoms with E-state index in [9.17, 15) is 4.79 Å². The van der Waals surface area contributed by atoms with Crippen molar-refractivity contribution in [1.29, 1.82) is 0 Å². The molecular weight excluding hydrogens is 204 g/mol. The standard InChI is InChI=1S/C12H24N2O2/c1-11(10-16-2)13-12(15)9-14-7-5-3-4-6-8-14/h11H,3-10H2,1-2H3,(H,13,15)/t11-/m0/s1. The summed E-state index contributed by atoms with van der Waals surface area (Å²) in [4.78, 5) is 14.0. The van der Waals surface area contributed by atoms with Crippen molar-refractivity contribution >= 4 is 5.91 Å². The Hall–Kier alpha value is -0.610. The maximum atomic E-state index is 11.7. The maximum absolute atomic E-state index is 11.7. The molecule has 0 aromatic rings. The molecule has 1 heterocycles. The molecule has 0 saturated carbocycles. The normalized spacial score (nSPS) is 20.1. The van der Waals surface area contributed by atoms with Gasteiger partial charge in [0, 0.05) is 13.2 Å². The van der Waals surface area contributed by atoms with E-state index in [1.54, 1.807) is 7.11 Å². The fourth-order valence-electron chi connectivity index (χ4n) is 2.11. The van der Waals surface area contributed by atoms with Gasteiger partial charge in [0.05, 0.1) is 13.2 Å². The van der Waals surface area contributed by atoms with Gasteiger partial charge < -0.3 is 10.1 Å². The Balaban J connectivity index is 2.21. The zero-order chi connectivity index (χ0) is 11.8. The van der Waals surface area contributed by atoms with Gasteiger partial charge in [-0.15, -0.1) is 0 Å².